The van der Waals surface area contributed by atoms with E-state index in [0.29, 0.717) is 22.9 Å². The van der Waals surface area contributed by atoms with Crippen LogP contribution in [0.25, 0.3) is 0 Å². The van der Waals surface area contributed by atoms with Gasteiger partial charge in [-0.1, -0.05) is 25.4 Å². The molecule has 0 spiro atoms. The second kappa shape index (κ2) is 4.71. The van der Waals surface area contributed by atoms with Crippen LogP contribution in [0.3, 0.4) is 0 Å². The second-order valence-electron chi connectivity index (χ2n) is 5.65. The van der Waals surface area contributed by atoms with E-state index in [0.717, 1.165) is 37.4 Å². The van der Waals surface area contributed by atoms with Gasteiger partial charge in [0.25, 0.3) is 0 Å². The molecule has 0 aliphatic heterocycles. The number of hydrogen-bond acceptors (Lipinski definition) is 5. The molecule has 2 rings (SSSR count). The molecular formula is C11H18ClN3OS. The highest BCUT2D eigenvalue weighted by molar-refractivity contribution is 6.99. The summed E-state index contributed by atoms with van der Waals surface area (Å²) in [6, 6.07) is 0. The number of halogens is 1. The summed E-state index contributed by atoms with van der Waals surface area (Å²) in [7, 11) is 0. The molecule has 0 amide bonds. The highest BCUT2D eigenvalue weighted by atomic mass is 35.5. The minimum Gasteiger partial charge on any atom is -0.388 e. The van der Waals surface area contributed by atoms with Gasteiger partial charge in [-0.2, -0.15) is 8.75 Å². The van der Waals surface area contributed by atoms with Crippen molar-refractivity contribution in [1.82, 2.24) is 8.75 Å². The molecule has 0 radical (unpaired) electrons. The van der Waals surface area contributed by atoms with Gasteiger partial charge in [-0.05, 0) is 31.1 Å². The number of hydrogen-bond donors (Lipinski definition) is 2. The van der Waals surface area contributed by atoms with Gasteiger partial charge in [-0.3, -0.25) is 0 Å². The van der Waals surface area contributed by atoms with E-state index in [-0.39, 0.29) is 0 Å². The SMILES string of the molecule is CC1(C)CCC(O)(CNc2nsnc2Cl)CC1. The molecule has 2 N–H and O–H groups in total. The fourth-order valence-corrected chi connectivity index (χ4v) is 2.78. The minimum atomic E-state index is -0.636. The summed E-state index contributed by atoms with van der Waals surface area (Å²) in [6.45, 7) is 5.00. The smallest absolute Gasteiger partial charge is 0.186 e. The average Bonchev–Trinajstić information content (AvgIpc) is 2.67. The highest BCUT2D eigenvalue weighted by Gasteiger charge is 2.36. The van der Waals surface area contributed by atoms with Crippen LogP contribution in [0, 0.1) is 5.41 Å². The first-order valence-corrected chi connectivity index (χ1v) is 6.95. The zero-order valence-electron chi connectivity index (χ0n) is 10.2. The molecule has 0 unspecified atom stereocenters. The van der Waals surface area contributed by atoms with Gasteiger partial charge in [0.1, 0.15) is 0 Å². The van der Waals surface area contributed by atoms with Gasteiger partial charge in [-0.15, -0.1) is 0 Å². The average molecular weight is 276 g/mol. The summed E-state index contributed by atoms with van der Waals surface area (Å²) < 4.78 is 7.91. The highest BCUT2D eigenvalue weighted by Crippen LogP contribution is 2.40. The van der Waals surface area contributed by atoms with E-state index in [9.17, 15) is 5.11 Å². The van der Waals surface area contributed by atoms with E-state index >= 15 is 0 Å². The van der Waals surface area contributed by atoms with E-state index in [1.165, 1.54) is 0 Å². The lowest BCUT2D eigenvalue weighted by atomic mass is 9.71. The van der Waals surface area contributed by atoms with Gasteiger partial charge < -0.3 is 10.4 Å². The molecule has 1 aromatic heterocycles. The normalized spacial score (nSPS) is 22.4. The van der Waals surface area contributed by atoms with E-state index in [4.69, 9.17) is 11.6 Å². The first-order valence-electron chi connectivity index (χ1n) is 5.85. The molecule has 17 heavy (non-hydrogen) atoms. The lowest BCUT2D eigenvalue weighted by Gasteiger charge is -2.40. The van der Waals surface area contributed by atoms with Crippen molar-refractivity contribution in [2.75, 3.05) is 11.9 Å². The quantitative estimate of drug-likeness (QED) is 0.890. The van der Waals surface area contributed by atoms with Crippen molar-refractivity contribution in [3.8, 4) is 0 Å². The lowest BCUT2D eigenvalue weighted by molar-refractivity contribution is -0.0145. The molecule has 1 aliphatic rings. The first kappa shape index (κ1) is 13.1. The number of nitrogens with zero attached hydrogens (tertiary/aromatic N) is 2. The molecule has 0 saturated heterocycles. The summed E-state index contributed by atoms with van der Waals surface area (Å²) in [5.41, 5.74) is -0.283. The summed E-state index contributed by atoms with van der Waals surface area (Å²) in [5, 5.41) is 13.9. The number of aliphatic hydroxyl groups is 1. The van der Waals surface area contributed by atoms with Gasteiger partial charge in [0.05, 0.1) is 17.3 Å². The molecule has 4 nitrogen and oxygen atoms in total. The Kier molecular flexibility index (Phi) is 3.61. The monoisotopic (exact) mass is 275 g/mol. The van der Waals surface area contributed by atoms with Crippen LogP contribution < -0.4 is 5.32 Å². The topological polar surface area (TPSA) is 58.0 Å². The number of anilines is 1. The predicted octanol–water partition coefficient (Wildman–Crippen LogP) is 2.93. The van der Waals surface area contributed by atoms with Crippen molar-refractivity contribution >= 4 is 29.1 Å². The number of rotatable bonds is 3. The van der Waals surface area contributed by atoms with Crippen molar-refractivity contribution in [3.05, 3.63) is 5.15 Å². The van der Waals surface area contributed by atoms with E-state index in [1.54, 1.807) is 0 Å². The van der Waals surface area contributed by atoms with Crippen LogP contribution in [-0.2, 0) is 0 Å². The van der Waals surface area contributed by atoms with Crippen LogP contribution in [0.2, 0.25) is 5.15 Å². The molecule has 1 aliphatic carbocycles. The molecule has 1 aromatic rings. The standard InChI is InChI=1S/C11H18ClN3OS/c1-10(2)3-5-11(16,6-4-10)7-13-9-8(12)14-17-15-9/h16H,3-7H2,1-2H3,(H,13,15). The second-order valence-corrected chi connectivity index (χ2v) is 6.53. The Hall–Kier alpha value is -0.390. The lowest BCUT2D eigenvalue weighted by Crippen LogP contribution is -2.42. The molecule has 0 aromatic carbocycles. The van der Waals surface area contributed by atoms with Crippen molar-refractivity contribution < 1.29 is 5.11 Å². The summed E-state index contributed by atoms with van der Waals surface area (Å²) >= 11 is 6.92. The van der Waals surface area contributed by atoms with Crippen LogP contribution in [-0.4, -0.2) is 26.0 Å². The molecule has 0 atom stereocenters. The fourth-order valence-electron chi connectivity index (χ4n) is 2.10. The Labute approximate surface area is 111 Å². The Morgan fingerprint density at radius 3 is 2.47 bits per heavy atom. The van der Waals surface area contributed by atoms with Crippen molar-refractivity contribution in [2.45, 2.75) is 45.1 Å². The minimum absolute atomic E-state index is 0.353. The maximum atomic E-state index is 10.4. The van der Waals surface area contributed by atoms with Gasteiger partial charge in [0.15, 0.2) is 11.0 Å². The Morgan fingerprint density at radius 1 is 1.29 bits per heavy atom. The molecule has 1 fully saturated rings. The maximum Gasteiger partial charge on any atom is 0.186 e. The molecule has 96 valence electrons. The zero-order chi connectivity index (χ0) is 12.5. The largest absolute Gasteiger partial charge is 0.388 e. The van der Waals surface area contributed by atoms with E-state index in [2.05, 4.69) is 27.9 Å². The Morgan fingerprint density at radius 2 is 1.94 bits per heavy atom. The van der Waals surface area contributed by atoms with Crippen LogP contribution in [0.15, 0.2) is 0 Å². The summed E-state index contributed by atoms with van der Waals surface area (Å²) in [6.07, 6.45) is 3.74. The third kappa shape index (κ3) is 3.30. The maximum absolute atomic E-state index is 10.4. The summed E-state index contributed by atoms with van der Waals surface area (Å²) in [5.74, 6) is 0.579. The van der Waals surface area contributed by atoms with Crippen LogP contribution in [0.4, 0.5) is 5.82 Å². The third-order valence-electron chi connectivity index (χ3n) is 3.57. The molecule has 6 heteroatoms. The van der Waals surface area contributed by atoms with Gasteiger partial charge in [0, 0.05) is 6.54 Å². The predicted molar refractivity (Wildman–Crippen MR) is 70.6 cm³/mol. The van der Waals surface area contributed by atoms with E-state index < -0.39 is 5.60 Å². The fraction of sp³-hybridized carbons (Fsp3) is 0.818. The first-order chi connectivity index (χ1) is 7.90. The third-order valence-corrected chi connectivity index (χ3v) is 4.46. The van der Waals surface area contributed by atoms with Crippen LogP contribution in [0.1, 0.15) is 39.5 Å². The molecule has 1 heterocycles. The number of nitrogens with one attached hydrogen (secondary N) is 1. The molecule has 0 bridgehead atoms. The van der Waals surface area contributed by atoms with Crippen LogP contribution in [0.5, 0.6) is 0 Å². The zero-order valence-corrected chi connectivity index (χ0v) is 11.7. The van der Waals surface area contributed by atoms with Crippen LogP contribution >= 0.6 is 23.3 Å². The van der Waals surface area contributed by atoms with Gasteiger partial charge in [-0.25, -0.2) is 0 Å². The van der Waals surface area contributed by atoms with Crippen molar-refractivity contribution in [1.29, 1.82) is 0 Å². The van der Waals surface area contributed by atoms with Crippen molar-refractivity contribution in [3.63, 3.8) is 0 Å². The van der Waals surface area contributed by atoms with Gasteiger partial charge in [0.2, 0.25) is 0 Å². The Bertz CT molecular complexity index is 384. The van der Waals surface area contributed by atoms with Crippen molar-refractivity contribution in [2.24, 2.45) is 5.41 Å². The Balaban J connectivity index is 1.89. The summed E-state index contributed by atoms with van der Waals surface area (Å²) in [4.78, 5) is 0. The number of aromatic nitrogens is 2. The molecule has 1 saturated carbocycles. The molecular weight excluding hydrogens is 258 g/mol. The van der Waals surface area contributed by atoms with Gasteiger partial charge >= 0.3 is 0 Å². The van der Waals surface area contributed by atoms with E-state index in [1.807, 2.05) is 0 Å².